The first-order chi connectivity index (χ1) is 24.2. The number of carbonyl (C=O) groups is 1. The van der Waals surface area contributed by atoms with Gasteiger partial charge in [0.25, 0.3) is 0 Å². The Morgan fingerprint density at radius 3 is 1.58 bits per heavy atom. The molecule has 1 atom stereocenters. The molecule has 1 rings (SSSR count). The number of alkyl carbamates (subject to hydrolysis) is 1. The minimum absolute atomic E-state index is 0. The third kappa shape index (κ3) is 34.2. The molecule has 1 amide bonds. The fraction of sp³-hybridized carbons (Fsp3) is 0.905. The normalized spacial score (nSPS) is 11.8. The monoisotopic (exact) mass is 820 g/mol. The largest absolute Gasteiger partial charge is 1.00 e. The molecule has 50 heavy (non-hydrogen) atoms. The summed E-state index contributed by atoms with van der Waals surface area (Å²) in [6.07, 6.45) is 42.2. The Hall–Kier alpha value is -0.870. The van der Waals surface area contributed by atoms with Gasteiger partial charge in [-0.2, -0.15) is 0 Å². The van der Waals surface area contributed by atoms with Crippen LogP contribution < -0.4 is 33.9 Å². The van der Waals surface area contributed by atoms with Gasteiger partial charge in [0, 0.05) is 19.8 Å². The van der Waals surface area contributed by atoms with Gasteiger partial charge in [0.1, 0.15) is 25.1 Å². The molecule has 8 heteroatoms. The Labute approximate surface area is 327 Å². The van der Waals surface area contributed by atoms with E-state index in [0.717, 1.165) is 51.7 Å². The average molecular weight is 820 g/mol. The minimum atomic E-state index is -0.347. The third-order valence-electron chi connectivity index (χ3n) is 9.63. The molecule has 0 radical (unpaired) electrons. The molecule has 0 fully saturated rings. The highest BCUT2D eigenvalue weighted by Gasteiger charge is 2.13. The number of aryl methyl sites for hydroxylation is 2. The summed E-state index contributed by atoms with van der Waals surface area (Å²) in [7, 11) is 2.04. The van der Waals surface area contributed by atoms with E-state index in [1.165, 1.54) is 141 Å². The van der Waals surface area contributed by atoms with Gasteiger partial charge in [-0.25, -0.2) is 13.9 Å². The minimum Gasteiger partial charge on any atom is -1.00 e. The molecule has 0 bridgehead atoms. The van der Waals surface area contributed by atoms with Crippen LogP contribution in [0, 0.1) is 0 Å². The lowest BCUT2D eigenvalue weighted by Gasteiger charge is -2.18. The van der Waals surface area contributed by atoms with Crippen molar-refractivity contribution in [3.05, 3.63) is 18.7 Å². The number of nitrogens with zero attached hydrogens (tertiary/aromatic N) is 2. The molecule has 1 heterocycles. The van der Waals surface area contributed by atoms with Gasteiger partial charge >= 0.3 is 6.09 Å². The molecule has 0 aromatic carbocycles. The second-order valence-corrected chi connectivity index (χ2v) is 14.6. The van der Waals surface area contributed by atoms with Crippen molar-refractivity contribution < 1.29 is 47.5 Å². The Bertz CT molecular complexity index is 825. The second-order valence-electron chi connectivity index (χ2n) is 14.6. The van der Waals surface area contributed by atoms with Crippen LogP contribution in [0.5, 0.6) is 0 Å². The number of hydrogen-bond acceptors (Lipinski definition) is 4. The van der Waals surface area contributed by atoms with Crippen LogP contribution in [0.1, 0.15) is 194 Å². The van der Waals surface area contributed by atoms with E-state index in [1.54, 1.807) is 0 Å². The van der Waals surface area contributed by atoms with E-state index in [4.69, 9.17) is 14.2 Å². The number of imidazole rings is 1. The Morgan fingerprint density at radius 2 is 1.08 bits per heavy atom. The van der Waals surface area contributed by atoms with Gasteiger partial charge in [-0.15, -0.1) is 0 Å². The van der Waals surface area contributed by atoms with E-state index < -0.39 is 0 Å². The molecule has 0 aliphatic heterocycles. The predicted molar refractivity (Wildman–Crippen MR) is 206 cm³/mol. The number of rotatable bonds is 38. The molecule has 0 aliphatic carbocycles. The summed E-state index contributed by atoms with van der Waals surface area (Å²) >= 11 is 0. The maximum absolute atomic E-state index is 12.4. The van der Waals surface area contributed by atoms with Crippen molar-refractivity contribution >= 4 is 6.09 Å². The highest BCUT2D eigenvalue weighted by molar-refractivity contribution is 5.67. The Balaban J connectivity index is 0.0000240. The lowest BCUT2D eigenvalue weighted by Crippen LogP contribution is -3.00. The van der Waals surface area contributed by atoms with Gasteiger partial charge in [0.15, 0.2) is 0 Å². The standard InChI is InChI=1S/C42H81N3O4.HI/c1-4-6-8-10-12-14-16-18-20-22-26-30-36-47-38-41(48-37-31-27-23-21-19-17-15-13-11-9-7-5-2)39-49-42(46)43-32-28-24-25-29-33-45-35-34-44(3)40-45;/h34-35,40-41H,4-33,36-39H2,1-3H3;1H. The first-order valence-corrected chi connectivity index (χ1v) is 21.3. The van der Waals surface area contributed by atoms with Crippen LogP contribution in [0.2, 0.25) is 0 Å². The molecule has 1 unspecified atom stereocenters. The molecule has 0 saturated heterocycles. The van der Waals surface area contributed by atoms with Gasteiger partial charge in [0.05, 0.1) is 20.2 Å². The molecule has 7 nitrogen and oxygen atoms in total. The first-order valence-electron chi connectivity index (χ1n) is 21.3. The number of ether oxygens (including phenoxy) is 3. The lowest BCUT2D eigenvalue weighted by atomic mass is 10.1. The van der Waals surface area contributed by atoms with E-state index in [1.807, 2.05) is 7.05 Å². The SMILES string of the molecule is CCCCCCCCCCCCCCOCC(COC(=O)NCCCCCCn1cc[n+](C)c1)OCCCCCCCCCCCCCC.[I-]. The van der Waals surface area contributed by atoms with E-state index >= 15 is 0 Å². The quantitative estimate of drug-likeness (QED) is 0.0414. The lowest BCUT2D eigenvalue weighted by molar-refractivity contribution is -0.671. The zero-order valence-electron chi connectivity index (χ0n) is 33.3. The van der Waals surface area contributed by atoms with Crippen molar-refractivity contribution in [3.8, 4) is 0 Å². The molecular weight excluding hydrogens is 737 g/mol. The van der Waals surface area contributed by atoms with E-state index in [-0.39, 0.29) is 42.8 Å². The highest BCUT2D eigenvalue weighted by Crippen LogP contribution is 2.14. The highest BCUT2D eigenvalue weighted by atomic mass is 127. The summed E-state index contributed by atoms with van der Waals surface area (Å²) in [5, 5.41) is 2.92. The number of aromatic nitrogens is 2. The van der Waals surface area contributed by atoms with Crippen molar-refractivity contribution in [2.75, 3.05) is 33.0 Å². The molecule has 1 aromatic heterocycles. The van der Waals surface area contributed by atoms with Gasteiger partial charge in [-0.1, -0.05) is 162 Å². The van der Waals surface area contributed by atoms with Crippen molar-refractivity contribution in [1.29, 1.82) is 0 Å². The number of nitrogens with one attached hydrogen (secondary N) is 1. The van der Waals surface area contributed by atoms with E-state index in [9.17, 15) is 4.79 Å². The Morgan fingerprint density at radius 1 is 0.620 bits per heavy atom. The van der Waals surface area contributed by atoms with Gasteiger partial charge in [-0.3, -0.25) is 0 Å². The molecular formula is C42H82IN3O4. The van der Waals surface area contributed by atoms with Crippen molar-refractivity contribution in [3.63, 3.8) is 0 Å². The summed E-state index contributed by atoms with van der Waals surface area (Å²) in [5.74, 6) is 0. The van der Waals surface area contributed by atoms with Crippen LogP contribution in [0.4, 0.5) is 4.79 Å². The van der Waals surface area contributed by atoms with Gasteiger partial charge < -0.3 is 43.5 Å². The molecule has 0 spiro atoms. The van der Waals surface area contributed by atoms with Crippen LogP contribution in [-0.4, -0.2) is 49.7 Å². The van der Waals surface area contributed by atoms with Gasteiger partial charge in [0.2, 0.25) is 6.33 Å². The molecule has 1 N–H and O–H groups in total. The zero-order valence-corrected chi connectivity index (χ0v) is 35.4. The van der Waals surface area contributed by atoms with Crippen molar-refractivity contribution in [1.82, 2.24) is 9.88 Å². The summed E-state index contributed by atoms with van der Waals surface area (Å²) in [6.45, 7) is 8.45. The van der Waals surface area contributed by atoms with Crippen LogP contribution in [-0.2, 0) is 27.8 Å². The number of carbonyl (C=O) groups excluding carboxylic acids is 1. The fourth-order valence-electron chi connectivity index (χ4n) is 6.41. The molecule has 0 saturated carbocycles. The maximum Gasteiger partial charge on any atom is 0.407 e. The summed E-state index contributed by atoms with van der Waals surface area (Å²) in [6, 6.07) is 0. The molecule has 296 valence electrons. The number of unbranched alkanes of at least 4 members (excludes halogenated alkanes) is 25. The summed E-state index contributed by atoms with van der Waals surface area (Å²) < 4.78 is 22.0. The van der Waals surface area contributed by atoms with E-state index in [0.29, 0.717) is 19.8 Å². The maximum atomic E-state index is 12.4. The topological polar surface area (TPSA) is 65.6 Å². The van der Waals surface area contributed by atoms with Crippen LogP contribution in [0.25, 0.3) is 0 Å². The smallest absolute Gasteiger partial charge is 0.407 e. The predicted octanol–water partition coefficient (Wildman–Crippen LogP) is 8.41. The van der Waals surface area contributed by atoms with Crippen molar-refractivity contribution in [2.24, 2.45) is 7.05 Å². The summed E-state index contributed by atoms with van der Waals surface area (Å²) in [5.41, 5.74) is 0. The number of hydrogen-bond donors (Lipinski definition) is 1. The first kappa shape index (κ1) is 49.1. The van der Waals surface area contributed by atoms with Crippen molar-refractivity contribution in [2.45, 2.75) is 206 Å². The fourth-order valence-corrected chi connectivity index (χ4v) is 6.41. The molecule has 0 aliphatic rings. The second kappa shape index (κ2) is 39.3. The summed E-state index contributed by atoms with van der Waals surface area (Å²) in [4.78, 5) is 12.4. The molecule has 1 aromatic rings. The van der Waals surface area contributed by atoms with E-state index in [2.05, 4.69) is 47.0 Å². The number of halogens is 1. The van der Waals surface area contributed by atoms with Crippen LogP contribution >= 0.6 is 0 Å². The Kier molecular flexibility index (Phi) is 38.7. The van der Waals surface area contributed by atoms with Gasteiger partial charge in [-0.05, 0) is 32.1 Å². The zero-order chi connectivity index (χ0) is 35.3. The third-order valence-corrected chi connectivity index (χ3v) is 9.63. The van der Waals surface area contributed by atoms with Crippen LogP contribution in [0.3, 0.4) is 0 Å². The average Bonchev–Trinajstić information content (AvgIpc) is 3.52. The van der Waals surface area contributed by atoms with Crippen LogP contribution in [0.15, 0.2) is 18.7 Å². The number of amides is 1.